The van der Waals surface area contributed by atoms with Crippen LogP contribution in [0.4, 0.5) is 17.1 Å². The van der Waals surface area contributed by atoms with Crippen LogP contribution < -0.4 is 10.5 Å². The summed E-state index contributed by atoms with van der Waals surface area (Å²) in [5.41, 5.74) is 5.49. The first-order valence-corrected chi connectivity index (χ1v) is 8.58. The van der Waals surface area contributed by atoms with E-state index in [0.717, 1.165) is 22.4 Å². The summed E-state index contributed by atoms with van der Waals surface area (Å²) in [7, 11) is 0. The third kappa shape index (κ3) is 3.00. The van der Waals surface area contributed by atoms with Crippen molar-refractivity contribution in [3.05, 3.63) is 100 Å². The van der Waals surface area contributed by atoms with Crippen LogP contribution in [0.5, 0.6) is 0 Å². The number of rotatable bonds is 3. The first-order chi connectivity index (χ1) is 12.6. The normalized spacial score (nSPS) is 10.8. The summed E-state index contributed by atoms with van der Waals surface area (Å²) in [5, 5.41) is 0.895. The predicted octanol–water partition coefficient (Wildman–Crippen LogP) is 5.88. The van der Waals surface area contributed by atoms with E-state index < -0.39 is 0 Å². The molecule has 4 rings (SSSR count). The average molecular weight is 341 g/mol. The van der Waals surface area contributed by atoms with E-state index in [-0.39, 0.29) is 5.63 Å². The fourth-order valence-electron chi connectivity index (χ4n) is 3.07. The van der Waals surface area contributed by atoms with E-state index in [4.69, 9.17) is 4.42 Å². The van der Waals surface area contributed by atoms with Crippen molar-refractivity contribution in [3.8, 4) is 0 Å². The number of fused-ring (bicyclic) bond motifs is 1. The highest BCUT2D eigenvalue weighted by atomic mass is 16.4. The van der Waals surface area contributed by atoms with Gasteiger partial charge >= 0.3 is 5.63 Å². The molecule has 0 aliphatic heterocycles. The Bertz CT molecular complexity index is 1060. The molecule has 0 atom stereocenters. The molecule has 1 heterocycles. The molecule has 0 fully saturated rings. The van der Waals surface area contributed by atoms with Gasteiger partial charge in [-0.3, -0.25) is 0 Å². The van der Waals surface area contributed by atoms with Crippen LogP contribution in [0.2, 0.25) is 0 Å². The minimum absolute atomic E-state index is 0.349. The Kier molecular flexibility index (Phi) is 4.05. The van der Waals surface area contributed by atoms with Crippen LogP contribution >= 0.6 is 0 Å². The van der Waals surface area contributed by atoms with Crippen molar-refractivity contribution < 1.29 is 4.42 Å². The zero-order valence-corrected chi connectivity index (χ0v) is 14.8. The number of benzene rings is 3. The van der Waals surface area contributed by atoms with Gasteiger partial charge in [0.1, 0.15) is 0 Å². The van der Waals surface area contributed by atoms with Gasteiger partial charge in [-0.15, -0.1) is 0 Å². The summed E-state index contributed by atoms with van der Waals surface area (Å²) < 4.78 is 5.57. The van der Waals surface area contributed by atoms with Gasteiger partial charge in [0.15, 0.2) is 5.58 Å². The third-order valence-electron chi connectivity index (χ3n) is 4.45. The summed E-state index contributed by atoms with van der Waals surface area (Å²) in [6.07, 6.45) is 0. The first-order valence-electron chi connectivity index (χ1n) is 8.58. The standard InChI is InChI=1S/C23H19NO2/c1-16-6-11-19(12-7-16)24(20-13-8-17(2)9-14-20)21-5-3-4-18-10-15-22(25)26-23(18)21/h3-15H,1-2H3. The molecule has 1 aromatic heterocycles. The molecule has 0 saturated heterocycles. The van der Waals surface area contributed by atoms with Crippen molar-refractivity contribution >= 4 is 28.0 Å². The molecule has 0 bridgehead atoms. The summed E-state index contributed by atoms with van der Waals surface area (Å²) in [6, 6.07) is 25.8. The van der Waals surface area contributed by atoms with Crippen LogP contribution in [0.1, 0.15) is 11.1 Å². The van der Waals surface area contributed by atoms with E-state index in [1.54, 1.807) is 6.07 Å². The van der Waals surface area contributed by atoms with Gasteiger partial charge in [0.2, 0.25) is 0 Å². The smallest absolute Gasteiger partial charge is 0.336 e. The van der Waals surface area contributed by atoms with E-state index in [9.17, 15) is 4.79 Å². The van der Waals surface area contributed by atoms with Gasteiger partial charge in [0.25, 0.3) is 0 Å². The minimum Gasteiger partial charge on any atom is -0.420 e. The minimum atomic E-state index is -0.349. The fraction of sp³-hybridized carbons (Fsp3) is 0.0870. The van der Waals surface area contributed by atoms with Crippen LogP contribution in [-0.2, 0) is 0 Å². The quantitative estimate of drug-likeness (QED) is 0.436. The van der Waals surface area contributed by atoms with Gasteiger partial charge in [-0.1, -0.05) is 47.5 Å². The van der Waals surface area contributed by atoms with Crippen LogP contribution in [0.3, 0.4) is 0 Å². The lowest BCUT2D eigenvalue weighted by Crippen LogP contribution is -2.11. The highest BCUT2D eigenvalue weighted by Crippen LogP contribution is 2.38. The molecule has 0 radical (unpaired) electrons. The molecule has 0 N–H and O–H groups in total. The largest absolute Gasteiger partial charge is 0.420 e. The monoisotopic (exact) mass is 341 g/mol. The van der Waals surface area contributed by atoms with Gasteiger partial charge in [0, 0.05) is 22.8 Å². The number of aryl methyl sites for hydroxylation is 2. The maximum Gasteiger partial charge on any atom is 0.336 e. The molecule has 26 heavy (non-hydrogen) atoms. The van der Waals surface area contributed by atoms with E-state index in [0.29, 0.717) is 5.58 Å². The fourth-order valence-corrected chi connectivity index (χ4v) is 3.07. The number of nitrogens with zero attached hydrogens (tertiary/aromatic N) is 1. The Labute approximate surface area is 152 Å². The van der Waals surface area contributed by atoms with E-state index in [1.807, 2.05) is 18.2 Å². The lowest BCUT2D eigenvalue weighted by Gasteiger charge is -2.26. The highest BCUT2D eigenvalue weighted by Gasteiger charge is 2.16. The molecule has 0 aliphatic carbocycles. The maximum absolute atomic E-state index is 11.8. The molecule has 0 unspecified atom stereocenters. The molecular weight excluding hydrogens is 322 g/mol. The van der Waals surface area contributed by atoms with Crippen molar-refractivity contribution in [1.29, 1.82) is 0 Å². The van der Waals surface area contributed by atoms with Crippen molar-refractivity contribution in [2.45, 2.75) is 13.8 Å². The van der Waals surface area contributed by atoms with Crippen molar-refractivity contribution in [2.75, 3.05) is 4.90 Å². The second kappa shape index (κ2) is 6.52. The predicted molar refractivity (Wildman–Crippen MR) is 107 cm³/mol. The van der Waals surface area contributed by atoms with Crippen LogP contribution in [0, 0.1) is 13.8 Å². The maximum atomic E-state index is 11.8. The second-order valence-electron chi connectivity index (χ2n) is 6.46. The Balaban J connectivity index is 1.99. The van der Waals surface area contributed by atoms with E-state index >= 15 is 0 Å². The van der Waals surface area contributed by atoms with Crippen molar-refractivity contribution in [3.63, 3.8) is 0 Å². The number of anilines is 3. The Morgan fingerprint density at radius 3 is 1.85 bits per heavy atom. The van der Waals surface area contributed by atoms with Crippen molar-refractivity contribution in [1.82, 2.24) is 0 Å². The Hall–Kier alpha value is -3.33. The summed E-state index contributed by atoms with van der Waals surface area (Å²) in [6.45, 7) is 4.13. The molecule has 128 valence electrons. The SMILES string of the molecule is Cc1ccc(N(c2ccc(C)cc2)c2cccc3ccc(=O)oc23)cc1. The summed E-state index contributed by atoms with van der Waals surface area (Å²) in [4.78, 5) is 14.0. The van der Waals surface area contributed by atoms with Crippen LogP contribution in [-0.4, -0.2) is 0 Å². The summed E-state index contributed by atoms with van der Waals surface area (Å²) in [5.74, 6) is 0. The molecule has 0 aliphatic rings. The number of para-hydroxylation sites is 1. The Morgan fingerprint density at radius 1 is 0.692 bits per heavy atom. The van der Waals surface area contributed by atoms with Gasteiger partial charge in [-0.25, -0.2) is 4.79 Å². The lowest BCUT2D eigenvalue weighted by molar-refractivity contribution is 0.561. The lowest BCUT2D eigenvalue weighted by atomic mass is 10.1. The summed E-state index contributed by atoms with van der Waals surface area (Å²) >= 11 is 0. The molecule has 4 aromatic rings. The van der Waals surface area contributed by atoms with Crippen LogP contribution in [0.15, 0.2) is 88.1 Å². The van der Waals surface area contributed by atoms with Crippen molar-refractivity contribution in [2.24, 2.45) is 0 Å². The van der Waals surface area contributed by atoms with E-state index in [2.05, 4.69) is 67.3 Å². The zero-order chi connectivity index (χ0) is 18.1. The van der Waals surface area contributed by atoms with Gasteiger partial charge < -0.3 is 9.32 Å². The topological polar surface area (TPSA) is 33.5 Å². The van der Waals surface area contributed by atoms with Gasteiger partial charge in [0.05, 0.1) is 5.69 Å². The van der Waals surface area contributed by atoms with E-state index in [1.165, 1.54) is 17.2 Å². The highest BCUT2D eigenvalue weighted by molar-refractivity contribution is 5.94. The molecular formula is C23H19NO2. The second-order valence-corrected chi connectivity index (χ2v) is 6.46. The van der Waals surface area contributed by atoms with Crippen LogP contribution in [0.25, 0.3) is 11.0 Å². The molecule has 0 amide bonds. The Morgan fingerprint density at radius 2 is 1.27 bits per heavy atom. The third-order valence-corrected chi connectivity index (χ3v) is 4.45. The molecule has 0 spiro atoms. The first kappa shape index (κ1) is 16.2. The average Bonchev–Trinajstić information content (AvgIpc) is 2.65. The zero-order valence-electron chi connectivity index (χ0n) is 14.8. The molecule has 3 heteroatoms. The number of hydrogen-bond donors (Lipinski definition) is 0. The molecule has 0 saturated carbocycles. The van der Waals surface area contributed by atoms with Gasteiger partial charge in [-0.2, -0.15) is 0 Å². The molecule has 3 aromatic carbocycles. The molecule has 3 nitrogen and oxygen atoms in total. The van der Waals surface area contributed by atoms with Gasteiger partial charge in [-0.05, 0) is 50.2 Å². The number of hydrogen-bond acceptors (Lipinski definition) is 3.